The minimum Gasteiger partial charge on any atom is -0.481 e. The van der Waals surface area contributed by atoms with Gasteiger partial charge in [0.25, 0.3) is 0 Å². The number of fused-ring (bicyclic) bond motifs is 2. The molecule has 0 atom stereocenters. The summed E-state index contributed by atoms with van der Waals surface area (Å²) in [5, 5.41) is 1.29. The minimum atomic E-state index is -0.613. The maximum Gasteiger partial charge on any atom is 0.344 e. The quantitative estimate of drug-likeness (QED) is 0.341. The zero-order valence-electron chi connectivity index (χ0n) is 17.1. The predicted octanol–water partition coefficient (Wildman–Crippen LogP) is 4.21. The largest absolute Gasteiger partial charge is 0.481 e. The van der Waals surface area contributed by atoms with Crippen molar-refractivity contribution in [3.8, 4) is 16.9 Å². The van der Waals surface area contributed by atoms with E-state index in [0.29, 0.717) is 34.5 Å². The van der Waals surface area contributed by atoms with Crippen LogP contribution in [0.2, 0.25) is 0 Å². The first-order chi connectivity index (χ1) is 15.0. The lowest BCUT2D eigenvalue weighted by atomic mass is 10.0. The summed E-state index contributed by atoms with van der Waals surface area (Å²) in [6.45, 7) is 3.68. The molecule has 0 bridgehead atoms. The second-order valence-corrected chi connectivity index (χ2v) is 7.04. The summed E-state index contributed by atoms with van der Waals surface area (Å²) in [6, 6.07) is 13.5. The van der Waals surface area contributed by atoms with Crippen LogP contribution >= 0.6 is 0 Å². The van der Waals surface area contributed by atoms with Gasteiger partial charge in [0.05, 0.1) is 12.2 Å². The third kappa shape index (κ3) is 4.07. The molecule has 0 radical (unpaired) electrons. The molecule has 0 aliphatic carbocycles. The number of hydrogen-bond acceptors (Lipinski definition) is 7. The van der Waals surface area contributed by atoms with E-state index in [1.807, 2.05) is 19.1 Å². The van der Waals surface area contributed by atoms with Crippen LogP contribution < -0.4 is 16.0 Å². The summed E-state index contributed by atoms with van der Waals surface area (Å²) in [5.41, 5.74) is 0.764. The van der Waals surface area contributed by atoms with Crippen LogP contribution in [0, 0.1) is 6.92 Å². The molecule has 4 aromatic rings. The van der Waals surface area contributed by atoms with Gasteiger partial charge in [-0.25, -0.2) is 14.4 Å². The molecule has 2 aromatic carbocycles. The van der Waals surface area contributed by atoms with Crippen molar-refractivity contribution in [2.24, 2.45) is 0 Å². The fraction of sp³-hybridized carbons (Fsp3) is 0.208. The normalized spacial score (nSPS) is 11.0. The summed E-state index contributed by atoms with van der Waals surface area (Å²) >= 11 is 0. The number of aryl methyl sites for hydroxylation is 1. The molecule has 0 unspecified atom stereocenters. The molecule has 31 heavy (non-hydrogen) atoms. The zero-order chi connectivity index (χ0) is 22.0. The molecule has 0 fully saturated rings. The highest BCUT2D eigenvalue weighted by atomic mass is 16.6. The Morgan fingerprint density at radius 3 is 2.61 bits per heavy atom. The van der Waals surface area contributed by atoms with E-state index in [1.54, 1.807) is 37.3 Å². The standard InChI is InChI=1S/C24H20O7/c1-3-10-28-22(26)13-29-19-9-8-16-17(12-21(25)31-23(16)14(19)2)18-11-15-6-4-5-7-20(15)30-24(18)27/h4-9,11-12H,3,10,13H2,1-2H3. The topological polar surface area (TPSA) is 96.0 Å². The Balaban J connectivity index is 1.79. The van der Waals surface area contributed by atoms with Gasteiger partial charge in [0.1, 0.15) is 16.9 Å². The Morgan fingerprint density at radius 1 is 1.00 bits per heavy atom. The van der Waals surface area contributed by atoms with E-state index in [1.165, 1.54) is 6.07 Å². The lowest BCUT2D eigenvalue weighted by Gasteiger charge is -2.12. The van der Waals surface area contributed by atoms with Crippen molar-refractivity contribution in [2.45, 2.75) is 20.3 Å². The first-order valence-corrected chi connectivity index (χ1v) is 9.87. The van der Waals surface area contributed by atoms with Gasteiger partial charge in [0, 0.05) is 28.0 Å². The maximum atomic E-state index is 12.6. The molecule has 0 amide bonds. The lowest BCUT2D eigenvalue weighted by molar-refractivity contribution is -0.146. The Kier molecular flexibility index (Phi) is 5.58. The first-order valence-electron chi connectivity index (χ1n) is 9.87. The van der Waals surface area contributed by atoms with Gasteiger partial charge in [-0.2, -0.15) is 0 Å². The second-order valence-electron chi connectivity index (χ2n) is 7.04. The van der Waals surface area contributed by atoms with Crippen LogP contribution in [-0.4, -0.2) is 19.2 Å². The van der Waals surface area contributed by atoms with E-state index in [9.17, 15) is 14.4 Å². The fourth-order valence-electron chi connectivity index (χ4n) is 3.37. The molecule has 4 rings (SSSR count). The van der Waals surface area contributed by atoms with E-state index in [4.69, 9.17) is 18.3 Å². The Hall–Kier alpha value is -3.87. The number of benzene rings is 2. The summed E-state index contributed by atoms with van der Waals surface area (Å²) in [6.07, 6.45) is 0.720. The molecule has 0 spiro atoms. The molecular formula is C24H20O7. The predicted molar refractivity (Wildman–Crippen MR) is 115 cm³/mol. The second kappa shape index (κ2) is 8.47. The molecule has 0 aliphatic heterocycles. The average Bonchev–Trinajstić information content (AvgIpc) is 2.76. The summed E-state index contributed by atoms with van der Waals surface area (Å²) in [4.78, 5) is 36.6. The molecule has 0 aliphatic rings. The number of ether oxygens (including phenoxy) is 2. The molecule has 158 valence electrons. The SMILES string of the molecule is CCCOC(=O)COc1ccc2c(-c3cc4ccccc4oc3=O)cc(=O)oc2c1C. The van der Waals surface area contributed by atoms with Gasteiger partial charge < -0.3 is 18.3 Å². The highest BCUT2D eigenvalue weighted by molar-refractivity contribution is 5.97. The summed E-state index contributed by atoms with van der Waals surface area (Å²) in [7, 11) is 0. The third-order valence-corrected chi connectivity index (χ3v) is 4.86. The third-order valence-electron chi connectivity index (χ3n) is 4.86. The number of carbonyl (C=O) groups is 1. The van der Waals surface area contributed by atoms with Crippen molar-refractivity contribution < 1.29 is 23.1 Å². The molecule has 0 N–H and O–H groups in total. The molecule has 7 nitrogen and oxygen atoms in total. The van der Waals surface area contributed by atoms with Crippen molar-refractivity contribution in [1.82, 2.24) is 0 Å². The molecule has 7 heteroatoms. The van der Waals surface area contributed by atoms with E-state index < -0.39 is 17.2 Å². The highest BCUT2D eigenvalue weighted by Gasteiger charge is 2.17. The van der Waals surface area contributed by atoms with Gasteiger partial charge in [-0.3, -0.25) is 0 Å². The zero-order valence-corrected chi connectivity index (χ0v) is 17.1. The van der Waals surface area contributed by atoms with Gasteiger partial charge in [0.15, 0.2) is 6.61 Å². The van der Waals surface area contributed by atoms with Crippen LogP contribution in [0.5, 0.6) is 5.75 Å². The fourth-order valence-corrected chi connectivity index (χ4v) is 3.37. The molecule has 0 saturated heterocycles. The van der Waals surface area contributed by atoms with Crippen LogP contribution in [0.25, 0.3) is 33.1 Å². The van der Waals surface area contributed by atoms with Crippen molar-refractivity contribution in [3.05, 3.63) is 74.9 Å². The van der Waals surface area contributed by atoms with Gasteiger partial charge in [-0.15, -0.1) is 0 Å². The smallest absolute Gasteiger partial charge is 0.344 e. The van der Waals surface area contributed by atoms with Gasteiger partial charge in [-0.05, 0) is 37.6 Å². The van der Waals surface area contributed by atoms with Crippen molar-refractivity contribution in [1.29, 1.82) is 0 Å². The maximum absolute atomic E-state index is 12.6. The molecule has 2 heterocycles. The Bertz CT molecular complexity index is 1390. The molecule has 2 aromatic heterocycles. The lowest BCUT2D eigenvalue weighted by Crippen LogP contribution is -2.15. The molecular weight excluding hydrogens is 400 g/mol. The van der Waals surface area contributed by atoms with Crippen LogP contribution in [0.15, 0.2) is 67.0 Å². The minimum absolute atomic E-state index is 0.257. The van der Waals surface area contributed by atoms with E-state index in [2.05, 4.69) is 0 Å². The summed E-state index contributed by atoms with van der Waals surface area (Å²) < 4.78 is 21.4. The highest BCUT2D eigenvalue weighted by Crippen LogP contribution is 2.33. The van der Waals surface area contributed by atoms with E-state index in [-0.39, 0.29) is 17.8 Å². The number of esters is 1. The Morgan fingerprint density at radius 2 is 1.81 bits per heavy atom. The van der Waals surface area contributed by atoms with Crippen LogP contribution in [0.1, 0.15) is 18.9 Å². The first kappa shape index (κ1) is 20.4. The molecule has 0 saturated carbocycles. The Labute approximate surface area is 176 Å². The van der Waals surface area contributed by atoms with E-state index >= 15 is 0 Å². The van der Waals surface area contributed by atoms with Crippen LogP contribution in [0.4, 0.5) is 0 Å². The number of para-hydroxylation sites is 1. The average molecular weight is 420 g/mol. The number of carbonyl (C=O) groups excluding carboxylic acids is 1. The number of rotatable bonds is 6. The van der Waals surface area contributed by atoms with Crippen molar-refractivity contribution >= 4 is 27.9 Å². The number of hydrogen-bond donors (Lipinski definition) is 0. The monoisotopic (exact) mass is 420 g/mol. The summed E-state index contributed by atoms with van der Waals surface area (Å²) in [5.74, 6) is -0.0999. The van der Waals surface area contributed by atoms with Crippen molar-refractivity contribution in [2.75, 3.05) is 13.2 Å². The van der Waals surface area contributed by atoms with Gasteiger partial charge >= 0.3 is 17.2 Å². The van der Waals surface area contributed by atoms with Crippen LogP contribution in [0.3, 0.4) is 0 Å². The van der Waals surface area contributed by atoms with Gasteiger partial charge in [-0.1, -0.05) is 25.1 Å². The van der Waals surface area contributed by atoms with Crippen molar-refractivity contribution in [3.63, 3.8) is 0 Å². The van der Waals surface area contributed by atoms with Crippen LogP contribution in [-0.2, 0) is 9.53 Å². The van der Waals surface area contributed by atoms with E-state index in [0.717, 1.165) is 11.8 Å². The van der Waals surface area contributed by atoms with Gasteiger partial charge in [0.2, 0.25) is 0 Å².